The number of nitrogens with zero attached hydrogens (tertiary/aromatic N) is 1. The van der Waals surface area contributed by atoms with E-state index in [1.54, 1.807) is 0 Å². The Hall–Kier alpha value is -2.42. The Morgan fingerprint density at radius 3 is 2.35 bits per heavy atom. The third-order valence-corrected chi connectivity index (χ3v) is 7.74. The van der Waals surface area contributed by atoms with Crippen molar-refractivity contribution in [2.45, 2.75) is 31.6 Å². The molecule has 1 saturated heterocycles. The van der Waals surface area contributed by atoms with Crippen LogP contribution in [0.2, 0.25) is 5.02 Å². The van der Waals surface area contributed by atoms with Gasteiger partial charge in [-0.25, -0.2) is 8.42 Å². The average molecular weight is 464 g/mol. The van der Waals surface area contributed by atoms with Gasteiger partial charge in [0.15, 0.2) is 0 Å². The molecule has 0 bridgehead atoms. The first-order valence-corrected chi connectivity index (χ1v) is 11.9. The number of carbonyl (C=O) groups is 2. The minimum Gasteiger partial charge on any atom is -0.347 e. The lowest BCUT2D eigenvalue weighted by atomic mass is 9.97. The first-order chi connectivity index (χ1) is 14.7. The van der Waals surface area contributed by atoms with E-state index < -0.39 is 10.0 Å². The first-order valence-electron chi connectivity index (χ1n) is 10.1. The normalized spacial score (nSPS) is 15.5. The van der Waals surface area contributed by atoms with Crippen LogP contribution in [0.15, 0.2) is 47.4 Å². The van der Waals surface area contributed by atoms with Gasteiger partial charge in [-0.3, -0.25) is 9.59 Å². The molecule has 2 amide bonds. The number of amides is 2. The van der Waals surface area contributed by atoms with E-state index in [2.05, 4.69) is 10.6 Å². The molecule has 1 aliphatic rings. The zero-order chi connectivity index (χ0) is 22.6. The van der Waals surface area contributed by atoms with Crippen molar-refractivity contribution in [2.24, 2.45) is 5.92 Å². The molecule has 1 aliphatic heterocycles. The number of sulfonamides is 1. The van der Waals surface area contributed by atoms with Gasteiger partial charge in [-0.05, 0) is 68.1 Å². The van der Waals surface area contributed by atoms with Crippen LogP contribution in [0.5, 0.6) is 0 Å². The number of halogens is 1. The van der Waals surface area contributed by atoms with Crippen molar-refractivity contribution in [1.29, 1.82) is 0 Å². The van der Waals surface area contributed by atoms with Gasteiger partial charge in [-0.1, -0.05) is 23.7 Å². The Morgan fingerprint density at radius 2 is 1.71 bits per heavy atom. The lowest BCUT2D eigenvalue weighted by Gasteiger charge is -2.30. The fourth-order valence-corrected chi connectivity index (χ4v) is 5.10. The molecule has 1 heterocycles. The van der Waals surface area contributed by atoms with Crippen LogP contribution in [0.1, 0.15) is 24.0 Å². The molecule has 166 valence electrons. The predicted octanol–water partition coefficient (Wildman–Crippen LogP) is 3.11. The maximum atomic E-state index is 12.7. The monoisotopic (exact) mass is 463 g/mol. The molecule has 0 radical (unpaired) electrons. The van der Waals surface area contributed by atoms with Gasteiger partial charge in [0.05, 0.1) is 11.4 Å². The minimum absolute atomic E-state index is 0.129. The smallest absolute Gasteiger partial charge is 0.243 e. The van der Waals surface area contributed by atoms with Crippen molar-refractivity contribution in [3.63, 3.8) is 0 Å². The molecular weight excluding hydrogens is 438 g/mol. The van der Waals surface area contributed by atoms with E-state index in [1.807, 2.05) is 32.0 Å². The molecule has 0 aliphatic carbocycles. The van der Waals surface area contributed by atoms with E-state index in [1.165, 1.54) is 28.6 Å². The van der Waals surface area contributed by atoms with Gasteiger partial charge in [0.25, 0.3) is 0 Å². The SMILES string of the molecule is Cc1cccc(NC(=O)CNC(=O)C2CCN(S(=O)(=O)c3ccc(Cl)cc3)CC2)c1C. The summed E-state index contributed by atoms with van der Waals surface area (Å²) in [7, 11) is -3.62. The van der Waals surface area contributed by atoms with Gasteiger partial charge in [0, 0.05) is 29.7 Å². The number of rotatable bonds is 6. The van der Waals surface area contributed by atoms with Gasteiger partial charge in [0.2, 0.25) is 21.8 Å². The van der Waals surface area contributed by atoms with E-state index in [4.69, 9.17) is 11.6 Å². The summed E-state index contributed by atoms with van der Waals surface area (Å²) in [4.78, 5) is 24.9. The van der Waals surface area contributed by atoms with Crippen molar-refractivity contribution >= 4 is 39.1 Å². The maximum Gasteiger partial charge on any atom is 0.243 e. The standard InChI is InChI=1S/C22H26ClN3O4S/c1-15-4-3-5-20(16(15)2)25-21(27)14-24-22(28)17-10-12-26(13-11-17)31(29,30)19-8-6-18(23)7-9-19/h3-9,17H,10-14H2,1-2H3,(H,24,28)(H,25,27). The summed E-state index contributed by atoms with van der Waals surface area (Å²) in [5.74, 6) is -0.866. The summed E-state index contributed by atoms with van der Waals surface area (Å²) < 4.78 is 26.9. The van der Waals surface area contributed by atoms with Crippen LogP contribution >= 0.6 is 11.6 Å². The van der Waals surface area contributed by atoms with Gasteiger partial charge < -0.3 is 10.6 Å². The van der Waals surface area contributed by atoms with Gasteiger partial charge in [-0.15, -0.1) is 0 Å². The van der Waals surface area contributed by atoms with E-state index in [0.717, 1.165) is 16.8 Å². The molecule has 0 unspecified atom stereocenters. The number of carbonyl (C=O) groups excluding carboxylic acids is 2. The molecule has 0 atom stereocenters. The van der Waals surface area contributed by atoms with E-state index in [-0.39, 0.29) is 42.3 Å². The third kappa shape index (κ3) is 5.64. The van der Waals surface area contributed by atoms with E-state index >= 15 is 0 Å². The van der Waals surface area contributed by atoms with Crippen LogP contribution in [0, 0.1) is 19.8 Å². The number of benzene rings is 2. The minimum atomic E-state index is -3.62. The molecule has 3 rings (SSSR count). The lowest BCUT2D eigenvalue weighted by molar-refractivity contribution is -0.128. The van der Waals surface area contributed by atoms with Crippen molar-refractivity contribution in [1.82, 2.24) is 9.62 Å². The molecule has 1 fully saturated rings. The summed E-state index contributed by atoms with van der Waals surface area (Å²) in [6, 6.07) is 11.7. The summed E-state index contributed by atoms with van der Waals surface area (Å²) in [6.45, 7) is 4.26. The molecule has 0 saturated carbocycles. The highest BCUT2D eigenvalue weighted by Gasteiger charge is 2.32. The zero-order valence-corrected chi connectivity index (χ0v) is 19.1. The topological polar surface area (TPSA) is 95.6 Å². The lowest BCUT2D eigenvalue weighted by Crippen LogP contribution is -2.44. The Balaban J connectivity index is 1.49. The fraction of sp³-hybridized carbons (Fsp3) is 0.364. The molecule has 2 aromatic rings. The second kappa shape index (κ2) is 9.80. The second-order valence-corrected chi connectivity index (χ2v) is 10.0. The Labute approximate surface area is 187 Å². The highest BCUT2D eigenvalue weighted by atomic mass is 35.5. The number of hydrogen-bond donors (Lipinski definition) is 2. The highest BCUT2D eigenvalue weighted by molar-refractivity contribution is 7.89. The zero-order valence-electron chi connectivity index (χ0n) is 17.5. The van der Waals surface area contributed by atoms with E-state index in [0.29, 0.717) is 17.9 Å². The van der Waals surface area contributed by atoms with Crippen LogP contribution in [0.25, 0.3) is 0 Å². The molecule has 9 heteroatoms. The summed E-state index contributed by atoms with van der Waals surface area (Å²) in [5, 5.41) is 5.94. The number of piperidine rings is 1. The third-order valence-electron chi connectivity index (χ3n) is 5.58. The Morgan fingerprint density at radius 1 is 1.06 bits per heavy atom. The quantitative estimate of drug-likeness (QED) is 0.688. The largest absolute Gasteiger partial charge is 0.347 e. The predicted molar refractivity (Wildman–Crippen MR) is 120 cm³/mol. The Bertz CT molecular complexity index is 1060. The second-order valence-electron chi connectivity index (χ2n) is 7.65. The average Bonchev–Trinajstić information content (AvgIpc) is 2.75. The molecule has 0 spiro atoms. The first kappa shape index (κ1) is 23.2. The van der Waals surface area contributed by atoms with E-state index in [9.17, 15) is 18.0 Å². The summed E-state index contributed by atoms with van der Waals surface area (Å²) in [6.07, 6.45) is 0.800. The summed E-state index contributed by atoms with van der Waals surface area (Å²) >= 11 is 5.83. The van der Waals surface area contributed by atoms with Crippen LogP contribution < -0.4 is 10.6 Å². The Kier molecular flexibility index (Phi) is 7.35. The number of aryl methyl sites for hydroxylation is 1. The van der Waals surface area contributed by atoms with Crippen LogP contribution in [-0.4, -0.2) is 44.2 Å². The van der Waals surface area contributed by atoms with Gasteiger partial charge in [0.1, 0.15) is 0 Å². The van der Waals surface area contributed by atoms with Crippen LogP contribution in [-0.2, 0) is 19.6 Å². The molecule has 31 heavy (non-hydrogen) atoms. The maximum absolute atomic E-state index is 12.7. The highest BCUT2D eigenvalue weighted by Crippen LogP contribution is 2.25. The molecule has 7 nitrogen and oxygen atoms in total. The summed E-state index contributed by atoms with van der Waals surface area (Å²) in [5.41, 5.74) is 2.78. The van der Waals surface area contributed by atoms with Crippen LogP contribution in [0.4, 0.5) is 5.69 Å². The van der Waals surface area contributed by atoms with Crippen LogP contribution in [0.3, 0.4) is 0 Å². The van der Waals surface area contributed by atoms with Crippen molar-refractivity contribution in [2.75, 3.05) is 25.0 Å². The van der Waals surface area contributed by atoms with Crippen molar-refractivity contribution in [3.8, 4) is 0 Å². The molecule has 2 N–H and O–H groups in total. The van der Waals surface area contributed by atoms with Gasteiger partial charge in [-0.2, -0.15) is 4.31 Å². The molecule has 0 aromatic heterocycles. The number of anilines is 1. The number of nitrogens with one attached hydrogen (secondary N) is 2. The van der Waals surface area contributed by atoms with Crippen molar-refractivity contribution < 1.29 is 18.0 Å². The number of hydrogen-bond acceptors (Lipinski definition) is 4. The molecule has 2 aromatic carbocycles. The molecular formula is C22H26ClN3O4S. The fourth-order valence-electron chi connectivity index (χ4n) is 3.51. The van der Waals surface area contributed by atoms with Crippen molar-refractivity contribution in [3.05, 3.63) is 58.6 Å². The van der Waals surface area contributed by atoms with Gasteiger partial charge >= 0.3 is 0 Å².